The van der Waals surface area contributed by atoms with Crippen molar-refractivity contribution in [2.75, 3.05) is 16.4 Å². The number of anilines is 2. The zero-order valence-electron chi connectivity index (χ0n) is 23.3. The molecule has 0 aliphatic heterocycles. The van der Waals surface area contributed by atoms with Crippen molar-refractivity contribution in [2.45, 2.75) is 31.6 Å². The van der Waals surface area contributed by atoms with E-state index in [0.717, 1.165) is 21.7 Å². The van der Waals surface area contributed by atoms with Crippen LogP contribution >= 0.6 is 11.8 Å². The number of benzene rings is 4. The number of carbonyl (C=O) groups excluding carboxylic acids is 3. The minimum atomic E-state index is -0.458. The highest BCUT2D eigenvalue weighted by molar-refractivity contribution is 8.00. The van der Waals surface area contributed by atoms with Gasteiger partial charge in [0.1, 0.15) is 5.70 Å². The molecule has 208 valence electrons. The van der Waals surface area contributed by atoms with Crippen LogP contribution in [0.25, 0.3) is 6.08 Å². The summed E-state index contributed by atoms with van der Waals surface area (Å²) < 4.78 is 0. The van der Waals surface area contributed by atoms with Gasteiger partial charge in [-0.25, -0.2) is 0 Å². The summed E-state index contributed by atoms with van der Waals surface area (Å²) in [5, 5.41) is 8.56. The number of aryl methyl sites for hydroxylation is 1. The van der Waals surface area contributed by atoms with Crippen LogP contribution in [0.4, 0.5) is 11.4 Å². The number of rotatable bonds is 10. The van der Waals surface area contributed by atoms with Crippen molar-refractivity contribution in [3.8, 4) is 0 Å². The van der Waals surface area contributed by atoms with Crippen LogP contribution in [0.15, 0.2) is 114 Å². The Morgan fingerprint density at radius 1 is 0.780 bits per heavy atom. The van der Waals surface area contributed by atoms with Crippen molar-refractivity contribution < 1.29 is 14.4 Å². The van der Waals surface area contributed by atoms with Gasteiger partial charge >= 0.3 is 0 Å². The lowest BCUT2D eigenvalue weighted by Crippen LogP contribution is -2.30. The van der Waals surface area contributed by atoms with Crippen molar-refractivity contribution in [1.82, 2.24) is 5.32 Å². The lowest BCUT2D eigenvalue weighted by Gasteiger charge is -2.12. The molecule has 4 aromatic carbocycles. The van der Waals surface area contributed by atoms with Gasteiger partial charge in [0.25, 0.3) is 11.8 Å². The van der Waals surface area contributed by atoms with Gasteiger partial charge in [-0.05, 0) is 72.5 Å². The second kappa shape index (κ2) is 14.1. The van der Waals surface area contributed by atoms with E-state index in [-0.39, 0.29) is 23.3 Å². The highest BCUT2D eigenvalue weighted by Gasteiger charge is 2.15. The van der Waals surface area contributed by atoms with Crippen LogP contribution in [-0.4, -0.2) is 23.5 Å². The van der Waals surface area contributed by atoms with Gasteiger partial charge in [-0.15, -0.1) is 11.8 Å². The summed E-state index contributed by atoms with van der Waals surface area (Å²) in [5.74, 6) is -0.310. The predicted octanol–water partition coefficient (Wildman–Crippen LogP) is 7.26. The van der Waals surface area contributed by atoms with E-state index in [0.29, 0.717) is 17.2 Å². The molecule has 4 rings (SSSR count). The fourth-order valence-corrected chi connectivity index (χ4v) is 4.78. The maximum absolute atomic E-state index is 13.4. The van der Waals surface area contributed by atoms with Crippen LogP contribution in [0.5, 0.6) is 0 Å². The van der Waals surface area contributed by atoms with E-state index in [4.69, 9.17) is 0 Å². The first kappa shape index (κ1) is 29.4. The summed E-state index contributed by atoms with van der Waals surface area (Å²) in [6.07, 6.45) is 1.65. The normalized spacial score (nSPS) is 11.2. The molecule has 0 saturated heterocycles. The molecule has 41 heavy (non-hydrogen) atoms. The van der Waals surface area contributed by atoms with Crippen molar-refractivity contribution in [3.63, 3.8) is 0 Å². The summed E-state index contributed by atoms with van der Waals surface area (Å²) in [4.78, 5) is 39.6. The summed E-state index contributed by atoms with van der Waals surface area (Å²) >= 11 is 1.37. The second-order valence-corrected chi connectivity index (χ2v) is 10.9. The molecule has 0 radical (unpaired) electrons. The molecule has 0 aromatic heterocycles. The van der Waals surface area contributed by atoms with E-state index in [9.17, 15) is 14.4 Å². The number of nitrogens with one attached hydrogen (secondary N) is 3. The first-order chi connectivity index (χ1) is 19.8. The Balaban J connectivity index is 1.42. The Morgan fingerprint density at radius 3 is 2.22 bits per heavy atom. The monoisotopic (exact) mass is 563 g/mol. The lowest BCUT2D eigenvalue weighted by atomic mass is 10.0. The van der Waals surface area contributed by atoms with Crippen LogP contribution in [0.1, 0.15) is 46.8 Å². The van der Waals surface area contributed by atoms with Crippen LogP contribution < -0.4 is 16.0 Å². The van der Waals surface area contributed by atoms with E-state index >= 15 is 0 Å². The zero-order valence-corrected chi connectivity index (χ0v) is 24.1. The molecule has 0 unspecified atom stereocenters. The second-order valence-electron chi connectivity index (χ2n) is 9.89. The number of thioether (sulfide) groups is 1. The van der Waals surface area contributed by atoms with Gasteiger partial charge in [0, 0.05) is 21.8 Å². The van der Waals surface area contributed by atoms with Crippen LogP contribution in [0.3, 0.4) is 0 Å². The molecular formula is C34H33N3O3S. The first-order valence-corrected chi connectivity index (χ1v) is 14.3. The Labute approximate surface area is 245 Å². The third-order valence-corrected chi connectivity index (χ3v) is 7.20. The molecule has 0 atom stereocenters. The first-order valence-electron chi connectivity index (χ1n) is 13.4. The number of hydrogen-bond acceptors (Lipinski definition) is 4. The Morgan fingerprint density at radius 2 is 1.51 bits per heavy atom. The summed E-state index contributed by atoms with van der Waals surface area (Å²) in [7, 11) is 0. The van der Waals surface area contributed by atoms with Crippen LogP contribution in [0.2, 0.25) is 0 Å². The number of amides is 3. The minimum absolute atomic E-state index is 0.116. The average molecular weight is 564 g/mol. The topological polar surface area (TPSA) is 87.3 Å². The highest BCUT2D eigenvalue weighted by Crippen LogP contribution is 2.23. The molecular weight excluding hydrogens is 530 g/mol. The van der Waals surface area contributed by atoms with Crippen molar-refractivity contribution in [1.29, 1.82) is 0 Å². The van der Waals surface area contributed by atoms with Crippen molar-refractivity contribution >= 4 is 46.9 Å². The Kier molecular flexibility index (Phi) is 10.1. The maximum Gasteiger partial charge on any atom is 0.272 e. The molecule has 3 amide bonds. The van der Waals surface area contributed by atoms with E-state index < -0.39 is 5.91 Å². The summed E-state index contributed by atoms with van der Waals surface area (Å²) in [6, 6.07) is 31.5. The fourth-order valence-electron chi connectivity index (χ4n) is 4.03. The third-order valence-electron chi connectivity index (χ3n) is 6.20. The number of carbonyl (C=O) groups is 3. The third kappa shape index (κ3) is 8.95. The van der Waals surface area contributed by atoms with Gasteiger partial charge in [-0.2, -0.15) is 0 Å². The van der Waals surface area contributed by atoms with Crippen LogP contribution in [-0.2, 0) is 9.59 Å². The average Bonchev–Trinajstić information content (AvgIpc) is 2.96. The van der Waals surface area contributed by atoms with Gasteiger partial charge in [-0.3, -0.25) is 14.4 Å². The molecule has 0 spiro atoms. The van der Waals surface area contributed by atoms with E-state index in [1.165, 1.54) is 17.3 Å². The fraction of sp³-hybridized carbons (Fsp3) is 0.147. The van der Waals surface area contributed by atoms with Gasteiger partial charge in [0.2, 0.25) is 5.91 Å². The van der Waals surface area contributed by atoms with Gasteiger partial charge in [0.05, 0.1) is 5.75 Å². The smallest absolute Gasteiger partial charge is 0.272 e. The largest absolute Gasteiger partial charge is 0.325 e. The quantitative estimate of drug-likeness (QED) is 0.140. The molecule has 7 heteroatoms. The van der Waals surface area contributed by atoms with Crippen LogP contribution in [0, 0.1) is 6.92 Å². The molecule has 0 aliphatic rings. The molecule has 4 aromatic rings. The lowest BCUT2D eigenvalue weighted by molar-refractivity contribution is -0.114. The van der Waals surface area contributed by atoms with E-state index in [1.54, 1.807) is 42.5 Å². The molecule has 0 fully saturated rings. The van der Waals surface area contributed by atoms with E-state index in [1.807, 2.05) is 73.7 Å². The number of hydrogen-bond donors (Lipinski definition) is 3. The van der Waals surface area contributed by atoms with Gasteiger partial charge < -0.3 is 16.0 Å². The SMILES string of the molecule is Cc1cccc(/C=C(/NC(=O)c2ccccc2)C(=O)Nc2cccc(SCC(=O)Nc3ccc(C(C)C)cc3)c2)c1. The van der Waals surface area contributed by atoms with E-state index in [2.05, 4.69) is 29.8 Å². The maximum atomic E-state index is 13.4. The predicted molar refractivity (Wildman–Crippen MR) is 168 cm³/mol. The Bertz CT molecular complexity index is 1550. The summed E-state index contributed by atoms with van der Waals surface area (Å²) in [6.45, 7) is 6.22. The molecule has 0 saturated carbocycles. The minimum Gasteiger partial charge on any atom is -0.325 e. The van der Waals surface area contributed by atoms with Gasteiger partial charge in [-0.1, -0.05) is 80.1 Å². The van der Waals surface area contributed by atoms with Crippen molar-refractivity contribution in [3.05, 3.63) is 131 Å². The Hall–Kier alpha value is -4.62. The molecule has 3 N–H and O–H groups in total. The molecule has 0 bridgehead atoms. The highest BCUT2D eigenvalue weighted by atomic mass is 32.2. The summed E-state index contributed by atoms with van der Waals surface area (Å²) in [5.41, 5.74) is 4.91. The standard InChI is InChI=1S/C34H33N3O3S/c1-23(2)26-15-17-28(18-16-26)35-32(38)22-41-30-14-8-13-29(21-30)36-34(40)31(20-25-10-7-9-24(3)19-25)37-33(39)27-11-5-4-6-12-27/h4-21,23H,22H2,1-3H3,(H,35,38)(H,36,40)(H,37,39)/b31-20+. The zero-order chi connectivity index (χ0) is 29.2. The van der Waals surface area contributed by atoms with Crippen molar-refractivity contribution in [2.24, 2.45) is 0 Å². The van der Waals surface area contributed by atoms with Gasteiger partial charge in [0.15, 0.2) is 0 Å². The molecule has 6 nitrogen and oxygen atoms in total. The molecule has 0 heterocycles. The molecule has 0 aliphatic carbocycles.